The number of aromatic amines is 1. The Morgan fingerprint density at radius 2 is 2.06 bits per heavy atom. The van der Waals surface area contributed by atoms with Crippen LogP contribution in [0.2, 0.25) is 0 Å². The Balaban J connectivity index is 2.68. The van der Waals surface area contributed by atoms with E-state index in [0.717, 1.165) is 0 Å². The van der Waals surface area contributed by atoms with E-state index in [-0.39, 0.29) is 11.4 Å². The summed E-state index contributed by atoms with van der Waals surface area (Å²) in [4.78, 5) is 0. The normalized spacial score (nSPS) is 10.4. The summed E-state index contributed by atoms with van der Waals surface area (Å²) in [5.74, 6) is 0.523. The third kappa shape index (κ3) is 2.01. The van der Waals surface area contributed by atoms with Crippen LogP contribution in [0.25, 0.3) is 11.3 Å². The van der Waals surface area contributed by atoms with E-state index in [0.29, 0.717) is 21.7 Å². The second-order valence-electron chi connectivity index (χ2n) is 3.49. The molecule has 5 nitrogen and oxygen atoms in total. The van der Waals surface area contributed by atoms with E-state index in [1.165, 1.54) is 26.4 Å². The minimum atomic E-state index is -0.469. The van der Waals surface area contributed by atoms with Crippen LogP contribution in [0.15, 0.2) is 16.6 Å². The Labute approximate surface area is 111 Å². The first-order valence-corrected chi connectivity index (χ1v) is 5.79. The van der Waals surface area contributed by atoms with Crippen molar-refractivity contribution in [3.05, 3.63) is 22.4 Å². The molecule has 0 radical (unpaired) electrons. The van der Waals surface area contributed by atoms with Crippen LogP contribution in [-0.2, 0) is 0 Å². The molecule has 96 valence electrons. The zero-order valence-electron chi connectivity index (χ0n) is 9.75. The van der Waals surface area contributed by atoms with Gasteiger partial charge in [-0.2, -0.15) is 5.10 Å². The largest absolute Gasteiger partial charge is 0.493 e. The Kier molecular flexibility index (Phi) is 3.42. The van der Waals surface area contributed by atoms with E-state index in [1.54, 1.807) is 0 Å². The highest BCUT2D eigenvalue weighted by molar-refractivity contribution is 9.10. The topological polar surface area (TPSA) is 73.2 Å². The molecular weight excluding hydrogens is 305 g/mol. The van der Waals surface area contributed by atoms with Crippen molar-refractivity contribution in [2.24, 2.45) is 0 Å². The molecule has 2 rings (SSSR count). The fourth-order valence-electron chi connectivity index (χ4n) is 1.63. The van der Waals surface area contributed by atoms with Crippen LogP contribution in [0.4, 0.5) is 10.2 Å². The lowest BCUT2D eigenvalue weighted by molar-refractivity contribution is 0.351. The maximum absolute atomic E-state index is 14.1. The van der Waals surface area contributed by atoms with Gasteiger partial charge in [-0.15, -0.1) is 0 Å². The molecule has 0 aliphatic heterocycles. The highest BCUT2D eigenvalue weighted by Crippen LogP contribution is 2.43. The van der Waals surface area contributed by atoms with Crippen molar-refractivity contribution in [3.63, 3.8) is 0 Å². The maximum Gasteiger partial charge on any atom is 0.175 e. The molecule has 0 aliphatic rings. The quantitative estimate of drug-likeness (QED) is 0.913. The summed E-state index contributed by atoms with van der Waals surface area (Å²) in [5, 5.41) is 6.42. The first-order chi connectivity index (χ1) is 8.58. The Morgan fingerprint density at radius 1 is 1.33 bits per heavy atom. The molecule has 0 unspecified atom stereocenters. The van der Waals surface area contributed by atoms with Crippen LogP contribution in [0.5, 0.6) is 11.5 Å². The van der Waals surface area contributed by atoms with Gasteiger partial charge in [-0.05, 0) is 15.9 Å². The third-order valence-corrected chi connectivity index (χ3v) is 3.19. The molecule has 7 heteroatoms. The number of benzene rings is 1. The lowest BCUT2D eigenvalue weighted by Gasteiger charge is -2.13. The number of halogens is 2. The van der Waals surface area contributed by atoms with Gasteiger partial charge >= 0.3 is 0 Å². The number of aromatic nitrogens is 2. The highest BCUT2D eigenvalue weighted by Gasteiger charge is 2.20. The molecule has 0 saturated heterocycles. The van der Waals surface area contributed by atoms with Gasteiger partial charge in [0.05, 0.1) is 29.9 Å². The molecule has 1 aromatic heterocycles. The van der Waals surface area contributed by atoms with E-state index in [4.69, 9.17) is 15.2 Å². The van der Waals surface area contributed by atoms with Gasteiger partial charge in [-0.3, -0.25) is 5.10 Å². The van der Waals surface area contributed by atoms with E-state index in [9.17, 15) is 4.39 Å². The molecule has 0 amide bonds. The summed E-state index contributed by atoms with van der Waals surface area (Å²) >= 11 is 3.30. The molecule has 0 spiro atoms. The molecule has 0 aliphatic carbocycles. The zero-order valence-corrected chi connectivity index (χ0v) is 11.3. The first-order valence-electron chi connectivity index (χ1n) is 4.99. The van der Waals surface area contributed by atoms with Gasteiger partial charge in [0.25, 0.3) is 0 Å². The van der Waals surface area contributed by atoms with Crippen LogP contribution < -0.4 is 15.2 Å². The molecule has 1 aromatic carbocycles. The van der Waals surface area contributed by atoms with Crippen LogP contribution in [0.1, 0.15) is 0 Å². The summed E-state index contributed by atoms with van der Waals surface area (Å²) in [6.07, 6.45) is 0. The number of ether oxygens (including phenoxy) is 2. The number of nitrogens with one attached hydrogen (secondary N) is 1. The smallest absolute Gasteiger partial charge is 0.175 e. The molecule has 0 bridgehead atoms. The van der Waals surface area contributed by atoms with E-state index >= 15 is 0 Å². The standard InChI is InChI=1S/C11H11BrFN3O2/c1-17-7-3-5(13)9(10(12)11(7)18-2)6-4-8(14)16-15-6/h3-4H,1-2H3,(H3,14,15,16). The number of nitrogens with zero attached hydrogens (tertiary/aromatic N) is 1. The van der Waals surface area contributed by atoms with Gasteiger partial charge in [0.1, 0.15) is 11.6 Å². The minimum Gasteiger partial charge on any atom is -0.493 e. The molecule has 18 heavy (non-hydrogen) atoms. The molecule has 1 heterocycles. The average Bonchev–Trinajstić information content (AvgIpc) is 2.75. The number of nitrogens with two attached hydrogens (primary N) is 1. The highest BCUT2D eigenvalue weighted by atomic mass is 79.9. The Morgan fingerprint density at radius 3 is 2.56 bits per heavy atom. The van der Waals surface area contributed by atoms with E-state index in [1.807, 2.05) is 0 Å². The summed E-state index contributed by atoms with van der Waals surface area (Å²) < 4.78 is 24.7. The molecule has 0 atom stereocenters. The van der Waals surface area contributed by atoms with Crippen molar-refractivity contribution in [1.82, 2.24) is 10.2 Å². The van der Waals surface area contributed by atoms with Crippen molar-refractivity contribution < 1.29 is 13.9 Å². The number of anilines is 1. The second kappa shape index (κ2) is 4.85. The molecule has 0 saturated carbocycles. The van der Waals surface area contributed by atoms with Crippen molar-refractivity contribution in [2.75, 3.05) is 20.0 Å². The van der Waals surface area contributed by atoms with Gasteiger partial charge < -0.3 is 15.2 Å². The zero-order chi connectivity index (χ0) is 13.3. The summed E-state index contributed by atoms with van der Waals surface area (Å²) in [6.45, 7) is 0. The van der Waals surface area contributed by atoms with Crippen LogP contribution in [0.3, 0.4) is 0 Å². The van der Waals surface area contributed by atoms with Crippen LogP contribution in [0, 0.1) is 5.82 Å². The maximum atomic E-state index is 14.1. The summed E-state index contributed by atoms with van der Waals surface area (Å²) in [6, 6.07) is 2.78. The van der Waals surface area contributed by atoms with Crippen molar-refractivity contribution in [3.8, 4) is 22.8 Å². The minimum absolute atomic E-state index is 0.283. The van der Waals surface area contributed by atoms with Gasteiger partial charge in [0.15, 0.2) is 11.5 Å². The predicted octanol–water partition coefficient (Wildman–Crippen LogP) is 2.58. The van der Waals surface area contributed by atoms with Gasteiger partial charge in [-0.1, -0.05) is 0 Å². The molecule has 3 N–H and O–H groups in total. The van der Waals surface area contributed by atoms with E-state index in [2.05, 4.69) is 26.1 Å². The van der Waals surface area contributed by atoms with Crippen LogP contribution >= 0.6 is 15.9 Å². The number of rotatable bonds is 3. The predicted molar refractivity (Wildman–Crippen MR) is 69.2 cm³/mol. The molecule has 2 aromatic rings. The molecular formula is C11H11BrFN3O2. The average molecular weight is 316 g/mol. The van der Waals surface area contributed by atoms with Crippen molar-refractivity contribution in [1.29, 1.82) is 0 Å². The first kappa shape index (κ1) is 12.7. The van der Waals surface area contributed by atoms with Crippen molar-refractivity contribution >= 4 is 21.7 Å². The molecule has 0 fully saturated rings. The Hall–Kier alpha value is -1.76. The monoisotopic (exact) mass is 315 g/mol. The fourth-order valence-corrected chi connectivity index (χ4v) is 2.39. The number of hydrogen-bond acceptors (Lipinski definition) is 4. The van der Waals surface area contributed by atoms with E-state index < -0.39 is 5.82 Å². The number of hydrogen-bond donors (Lipinski definition) is 2. The number of methoxy groups -OCH3 is 2. The lowest BCUT2D eigenvalue weighted by Crippen LogP contribution is -1.96. The SMILES string of the molecule is COc1cc(F)c(-c2cc(N)n[nH]2)c(Br)c1OC. The van der Waals surface area contributed by atoms with Gasteiger partial charge in [0.2, 0.25) is 0 Å². The summed E-state index contributed by atoms with van der Waals surface area (Å²) in [5.41, 5.74) is 6.25. The lowest BCUT2D eigenvalue weighted by atomic mass is 10.1. The summed E-state index contributed by atoms with van der Waals surface area (Å²) in [7, 11) is 2.92. The van der Waals surface area contributed by atoms with Crippen LogP contribution in [-0.4, -0.2) is 24.4 Å². The van der Waals surface area contributed by atoms with Crippen molar-refractivity contribution in [2.45, 2.75) is 0 Å². The van der Waals surface area contributed by atoms with Gasteiger partial charge in [-0.25, -0.2) is 4.39 Å². The fraction of sp³-hybridized carbons (Fsp3) is 0.182. The number of H-pyrrole nitrogens is 1. The number of nitrogen functional groups attached to an aromatic ring is 1. The second-order valence-corrected chi connectivity index (χ2v) is 4.28. The Bertz CT molecular complexity index is 586. The van der Waals surface area contributed by atoms with Gasteiger partial charge in [0, 0.05) is 12.1 Å². The third-order valence-electron chi connectivity index (χ3n) is 2.43.